The molecule has 0 radical (unpaired) electrons. The fourth-order valence-electron chi connectivity index (χ4n) is 2.53. The zero-order valence-corrected chi connectivity index (χ0v) is 16.6. The molecule has 2 aromatic carbocycles. The zero-order chi connectivity index (χ0) is 20.8. The summed E-state index contributed by atoms with van der Waals surface area (Å²) in [6, 6.07) is 12.4. The minimum absolute atomic E-state index is 0.172. The van der Waals surface area contributed by atoms with Crippen molar-refractivity contribution >= 4 is 29.1 Å². The molecule has 0 aliphatic rings. The second-order valence-electron chi connectivity index (χ2n) is 6.18. The molecule has 0 bridgehead atoms. The number of methoxy groups -OCH3 is 1. The fourth-order valence-corrected chi connectivity index (χ4v) is 2.72. The second kappa shape index (κ2) is 9.16. The van der Waals surface area contributed by atoms with E-state index in [0.29, 0.717) is 27.8 Å². The molecule has 0 unspecified atom stereocenters. The first-order valence-electron chi connectivity index (χ1n) is 8.69. The third kappa shape index (κ3) is 5.52. The van der Waals surface area contributed by atoms with Gasteiger partial charge in [0.1, 0.15) is 12.3 Å². The molecule has 29 heavy (non-hydrogen) atoms. The van der Waals surface area contributed by atoms with Crippen molar-refractivity contribution in [2.24, 2.45) is 0 Å². The lowest BCUT2D eigenvalue weighted by Crippen LogP contribution is -2.35. The van der Waals surface area contributed by atoms with Gasteiger partial charge in [0, 0.05) is 10.6 Å². The lowest BCUT2D eigenvalue weighted by Gasteiger charge is -2.11. The van der Waals surface area contributed by atoms with Crippen LogP contribution in [0.5, 0.6) is 5.75 Å². The molecule has 150 valence electrons. The highest BCUT2D eigenvalue weighted by molar-refractivity contribution is 6.30. The number of aromatic nitrogens is 4. The highest BCUT2D eigenvalue weighted by Crippen LogP contribution is 2.25. The average molecular weight is 415 g/mol. The molecule has 10 heteroatoms. The number of tetrazole rings is 1. The van der Waals surface area contributed by atoms with Gasteiger partial charge in [0.25, 0.3) is 0 Å². The summed E-state index contributed by atoms with van der Waals surface area (Å²) in [5, 5.41) is 17.7. The van der Waals surface area contributed by atoms with Gasteiger partial charge in [0.2, 0.25) is 17.6 Å². The van der Waals surface area contributed by atoms with Gasteiger partial charge in [0.15, 0.2) is 0 Å². The lowest BCUT2D eigenvalue weighted by atomic mass is 10.2. The molecule has 0 spiro atoms. The van der Waals surface area contributed by atoms with Crippen LogP contribution in [0.2, 0.25) is 5.02 Å². The zero-order valence-electron chi connectivity index (χ0n) is 15.8. The van der Waals surface area contributed by atoms with E-state index < -0.39 is 5.91 Å². The summed E-state index contributed by atoms with van der Waals surface area (Å²) < 4.78 is 5.21. The molecule has 2 N–H and O–H groups in total. The Morgan fingerprint density at radius 1 is 1.17 bits per heavy atom. The molecule has 0 aliphatic carbocycles. The Balaban J connectivity index is 1.53. The number of hydrogen-bond acceptors (Lipinski definition) is 6. The maximum absolute atomic E-state index is 12.1. The SMILES string of the molecule is COc1ccc(C)cc1NC(=O)CNC(=O)Cn1nnc(-c2cccc(Cl)c2)n1. The number of halogens is 1. The summed E-state index contributed by atoms with van der Waals surface area (Å²) in [6.07, 6.45) is 0. The normalized spacial score (nSPS) is 10.4. The highest BCUT2D eigenvalue weighted by atomic mass is 35.5. The molecule has 0 fully saturated rings. The lowest BCUT2D eigenvalue weighted by molar-refractivity contribution is -0.124. The van der Waals surface area contributed by atoms with Crippen LogP contribution in [0.25, 0.3) is 11.4 Å². The van der Waals surface area contributed by atoms with Gasteiger partial charge in [-0.25, -0.2) is 0 Å². The first-order chi connectivity index (χ1) is 13.9. The standard InChI is InChI=1S/C19H19ClN6O3/c1-12-6-7-16(29-2)15(8-12)22-17(27)10-21-18(28)11-26-24-19(23-25-26)13-4-3-5-14(20)9-13/h3-9H,10-11H2,1-2H3,(H,21,28)(H,22,27). The molecule has 1 aromatic heterocycles. The number of anilines is 1. The molecule has 1 heterocycles. The molecule has 3 rings (SSSR count). The van der Waals surface area contributed by atoms with Crippen molar-refractivity contribution < 1.29 is 14.3 Å². The summed E-state index contributed by atoms with van der Waals surface area (Å²) >= 11 is 5.95. The van der Waals surface area contributed by atoms with Crippen LogP contribution in [0.4, 0.5) is 5.69 Å². The number of carbonyl (C=O) groups is 2. The van der Waals surface area contributed by atoms with Crippen LogP contribution in [0, 0.1) is 6.92 Å². The smallest absolute Gasteiger partial charge is 0.244 e. The van der Waals surface area contributed by atoms with Crippen LogP contribution in [0.15, 0.2) is 42.5 Å². The number of rotatable bonds is 7. The summed E-state index contributed by atoms with van der Waals surface area (Å²) in [5.41, 5.74) is 2.20. The number of nitrogens with zero attached hydrogens (tertiary/aromatic N) is 4. The highest BCUT2D eigenvalue weighted by Gasteiger charge is 2.12. The Kier molecular flexibility index (Phi) is 6.40. The Bertz CT molecular complexity index is 1040. The molecule has 2 amide bonds. The minimum atomic E-state index is -0.425. The molecule has 0 saturated carbocycles. The molecular weight excluding hydrogens is 396 g/mol. The van der Waals surface area contributed by atoms with Gasteiger partial charge in [-0.15, -0.1) is 10.2 Å². The van der Waals surface area contributed by atoms with Crippen molar-refractivity contribution in [2.75, 3.05) is 19.0 Å². The van der Waals surface area contributed by atoms with Crippen molar-refractivity contribution in [1.29, 1.82) is 0 Å². The van der Waals surface area contributed by atoms with Crippen LogP contribution in [-0.2, 0) is 16.1 Å². The van der Waals surface area contributed by atoms with Crippen LogP contribution < -0.4 is 15.4 Å². The van der Waals surface area contributed by atoms with E-state index in [9.17, 15) is 9.59 Å². The van der Waals surface area contributed by atoms with Crippen LogP contribution >= 0.6 is 11.6 Å². The number of aryl methyl sites for hydroxylation is 1. The summed E-state index contributed by atoms with van der Waals surface area (Å²) in [4.78, 5) is 25.4. The first-order valence-corrected chi connectivity index (χ1v) is 9.07. The Morgan fingerprint density at radius 3 is 2.76 bits per heavy atom. The number of amides is 2. The first kappa shape index (κ1) is 20.3. The van der Waals surface area contributed by atoms with Gasteiger partial charge in [-0.2, -0.15) is 4.80 Å². The third-order valence-corrected chi connectivity index (χ3v) is 4.13. The van der Waals surface area contributed by atoms with E-state index in [1.165, 1.54) is 7.11 Å². The number of benzene rings is 2. The predicted molar refractivity (Wildman–Crippen MR) is 108 cm³/mol. The van der Waals surface area contributed by atoms with Gasteiger partial charge < -0.3 is 15.4 Å². The van der Waals surface area contributed by atoms with Gasteiger partial charge in [-0.3, -0.25) is 9.59 Å². The van der Waals surface area contributed by atoms with Gasteiger partial charge >= 0.3 is 0 Å². The van der Waals surface area contributed by atoms with Crippen molar-refractivity contribution in [1.82, 2.24) is 25.5 Å². The van der Waals surface area contributed by atoms with Gasteiger partial charge in [0.05, 0.1) is 19.3 Å². The number of nitrogens with one attached hydrogen (secondary N) is 2. The van der Waals surface area contributed by atoms with E-state index in [1.807, 2.05) is 13.0 Å². The number of hydrogen-bond donors (Lipinski definition) is 2. The van der Waals surface area contributed by atoms with E-state index in [4.69, 9.17) is 16.3 Å². The van der Waals surface area contributed by atoms with E-state index in [1.54, 1.807) is 36.4 Å². The molecule has 0 atom stereocenters. The second-order valence-corrected chi connectivity index (χ2v) is 6.62. The van der Waals surface area contributed by atoms with Gasteiger partial charge in [-0.1, -0.05) is 29.8 Å². The molecule has 0 saturated heterocycles. The number of ether oxygens (including phenoxy) is 1. The van der Waals surface area contributed by atoms with Crippen LogP contribution in [0.3, 0.4) is 0 Å². The minimum Gasteiger partial charge on any atom is -0.495 e. The van der Waals surface area contributed by atoms with E-state index in [0.717, 1.165) is 10.4 Å². The maximum atomic E-state index is 12.1. The Hall–Kier alpha value is -3.46. The van der Waals surface area contributed by atoms with Crippen LogP contribution in [-0.4, -0.2) is 45.7 Å². The van der Waals surface area contributed by atoms with E-state index in [2.05, 4.69) is 26.0 Å². The third-order valence-electron chi connectivity index (χ3n) is 3.90. The predicted octanol–water partition coefficient (Wildman–Crippen LogP) is 2.07. The van der Waals surface area contributed by atoms with Crippen molar-refractivity contribution in [3.05, 3.63) is 53.1 Å². The average Bonchev–Trinajstić information content (AvgIpc) is 3.15. The van der Waals surface area contributed by atoms with Crippen molar-refractivity contribution in [3.8, 4) is 17.1 Å². The monoisotopic (exact) mass is 414 g/mol. The summed E-state index contributed by atoms with van der Waals surface area (Å²) in [7, 11) is 1.52. The summed E-state index contributed by atoms with van der Waals surface area (Å²) in [6.45, 7) is 1.53. The topological polar surface area (TPSA) is 111 Å². The van der Waals surface area contributed by atoms with E-state index >= 15 is 0 Å². The Labute approximate surface area is 172 Å². The van der Waals surface area contributed by atoms with Crippen molar-refractivity contribution in [2.45, 2.75) is 13.5 Å². The van der Waals surface area contributed by atoms with Gasteiger partial charge in [-0.05, 0) is 42.0 Å². The molecular formula is C19H19ClN6O3. The summed E-state index contributed by atoms with van der Waals surface area (Å²) in [5.74, 6) is 0.0834. The number of carbonyl (C=O) groups excluding carboxylic acids is 2. The fraction of sp³-hybridized carbons (Fsp3) is 0.211. The largest absolute Gasteiger partial charge is 0.495 e. The Morgan fingerprint density at radius 2 is 2.00 bits per heavy atom. The maximum Gasteiger partial charge on any atom is 0.244 e. The molecule has 0 aliphatic heterocycles. The molecule has 3 aromatic rings. The van der Waals surface area contributed by atoms with Crippen LogP contribution in [0.1, 0.15) is 5.56 Å². The van der Waals surface area contributed by atoms with E-state index in [-0.39, 0.29) is 19.0 Å². The quantitative estimate of drug-likeness (QED) is 0.612. The van der Waals surface area contributed by atoms with Crippen molar-refractivity contribution in [3.63, 3.8) is 0 Å². The molecule has 9 nitrogen and oxygen atoms in total.